The van der Waals surface area contributed by atoms with Crippen LogP contribution in [0.2, 0.25) is 0 Å². The van der Waals surface area contributed by atoms with Gasteiger partial charge in [0.1, 0.15) is 0 Å². The Morgan fingerprint density at radius 1 is 1.26 bits per heavy atom. The van der Waals surface area contributed by atoms with Gasteiger partial charge in [-0.05, 0) is 37.6 Å². The van der Waals surface area contributed by atoms with Crippen LogP contribution in [0.15, 0.2) is 24.3 Å². The van der Waals surface area contributed by atoms with E-state index < -0.39 is 0 Å². The Morgan fingerprint density at radius 2 is 2.05 bits per heavy atom. The molecular weight excluding hydrogens is 238 g/mol. The lowest BCUT2D eigenvalue weighted by molar-refractivity contribution is 0.302. The number of nitrogen functional groups attached to an aromatic ring is 1. The Hall–Kier alpha value is -1.81. The Morgan fingerprint density at radius 3 is 2.74 bits per heavy atom. The molecule has 0 bridgehead atoms. The van der Waals surface area contributed by atoms with Gasteiger partial charge in [-0.3, -0.25) is 4.98 Å². The third-order valence-corrected chi connectivity index (χ3v) is 3.14. The van der Waals surface area contributed by atoms with Gasteiger partial charge in [0, 0.05) is 35.5 Å². The number of aliphatic hydroxyl groups is 1. The highest BCUT2D eigenvalue weighted by molar-refractivity contribution is 5.94. The van der Waals surface area contributed by atoms with Gasteiger partial charge in [0.2, 0.25) is 0 Å². The quantitative estimate of drug-likeness (QED) is 0.809. The summed E-state index contributed by atoms with van der Waals surface area (Å²) in [6.45, 7) is 5.80. The zero-order chi connectivity index (χ0) is 13.8. The first-order valence-corrected chi connectivity index (χ1v) is 6.68. The Labute approximate surface area is 113 Å². The molecule has 19 heavy (non-hydrogen) atoms. The predicted octanol–water partition coefficient (Wildman–Crippen LogP) is 2.33. The fourth-order valence-corrected chi connectivity index (χ4v) is 2.36. The number of nitrogens with zero attached hydrogens (tertiary/aromatic N) is 2. The average Bonchev–Trinajstić information content (AvgIpc) is 2.38. The highest BCUT2D eigenvalue weighted by Crippen LogP contribution is 2.28. The fourth-order valence-electron chi connectivity index (χ4n) is 2.36. The monoisotopic (exact) mass is 259 g/mol. The summed E-state index contributed by atoms with van der Waals surface area (Å²) in [6, 6.07) is 7.84. The van der Waals surface area contributed by atoms with Crippen LogP contribution >= 0.6 is 0 Å². The number of hydrogen-bond donors (Lipinski definition) is 2. The highest BCUT2D eigenvalue weighted by Gasteiger charge is 2.11. The molecule has 0 unspecified atom stereocenters. The normalized spacial score (nSPS) is 10.9. The smallest absolute Gasteiger partial charge is 0.0727 e. The standard InChI is InChI=1S/C15H21N3O/c1-3-6-18(7-8-19)15-9-11(2)17-14-5-4-12(16)10-13(14)15/h4-5,9-10,19H,3,6-8,16H2,1-2H3. The van der Waals surface area contributed by atoms with Gasteiger partial charge in [-0.2, -0.15) is 0 Å². The summed E-state index contributed by atoms with van der Waals surface area (Å²) in [7, 11) is 0. The number of anilines is 2. The first-order valence-electron chi connectivity index (χ1n) is 6.68. The highest BCUT2D eigenvalue weighted by atomic mass is 16.3. The minimum atomic E-state index is 0.144. The summed E-state index contributed by atoms with van der Waals surface area (Å²) in [5.74, 6) is 0. The van der Waals surface area contributed by atoms with Gasteiger partial charge in [-0.1, -0.05) is 6.92 Å². The number of nitrogens with two attached hydrogens (primary N) is 1. The zero-order valence-corrected chi connectivity index (χ0v) is 11.6. The molecule has 0 aliphatic heterocycles. The van der Waals surface area contributed by atoms with Crippen molar-refractivity contribution in [2.45, 2.75) is 20.3 Å². The van der Waals surface area contributed by atoms with Crippen molar-refractivity contribution in [3.63, 3.8) is 0 Å². The summed E-state index contributed by atoms with van der Waals surface area (Å²) in [4.78, 5) is 6.73. The number of pyridine rings is 1. The van der Waals surface area contributed by atoms with Crippen LogP contribution in [0, 0.1) is 6.92 Å². The van der Waals surface area contributed by atoms with E-state index in [4.69, 9.17) is 5.73 Å². The summed E-state index contributed by atoms with van der Waals surface area (Å²) in [5.41, 5.74) is 9.65. The second kappa shape index (κ2) is 5.89. The molecule has 0 saturated carbocycles. The van der Waals surface area contributed by atoms with Crippen molar-refractivity contribution in [2.24, 2.45) is 0 Å². The summed E-state index contributed by atoms with van der Waals surface area (Å²) >= 11 is 0. The van der Waals surface area contributed by atoms with Crippen LogP contribution in [-0.2, 0) is 0 Å². The van der Waals surface area contributed by atoms with Crippen LogP contribution < -0.4 is 10.6 Å². The lowest BCUT2D eigenvalue weighted by Gasteiger charge is -2.25. The van der Waals surface area contributed by atoms with Crippen LogP contribution in [0.25, 0.3) is 10.9 Å². The van der Waals surface area contributed by atoms with Crippen LogP contribution in [-0.4, -0.2) is 29.8 Å². The maximum Gasteiger partial charge on any atom is 0.0727 e. The second-order valence-corrected chi connectivity index (χ2v) is 4.77. The Bertz CT molecular complexity index is 563. The van der Waals surface area contributed by atoms with Crippen molar-refractivity contribution < 1.29 is 5.11 Å². The van der Waals surface area contributed by atoms with Crippen molar-refractivity contribution in [3.8, 4) is 0 Å². The number of hydrogen-bond acceptors (Lipinski definition) is 4. The van der Waals surface area contributed by atoms with Gasteiger partial charge in [-0.25, -0.2) is 0 Å². The van der Waals surface area contributed by atoms with Crippen molar-refractivity contribution >= 4 is 22.3 Å². The molecular formula is C15H21N3O. The first-order chi connectivity index (χ1) is 9.15. The van der Waals surface area contributed by atoms with Gasteiger partial charge in [0.15, 0.2) is 0 Å². The number of fused-ring (bicyclic) bond motifs is 1. The van der Waals surface area contributed by atoms with Gasteiger partial charge in [-0.15, -0.1) is 0 Å². The first kappa shape index (κ1) is 13.6. The molecule has 0 atom stereocenters. The van der Waals surface area contributed by atoms with Crippen molar-refractivity contribution in [1.29, 1.82) is 0 Å². The lowest BCUT2D eigenvalue weighted by Crippen LogP contribution is -2.27. The lowest BCUT2D eigenvalue weighted by atomic mass is 10.1. The number of aromatic nitrogens is 1. The number of benzene rings is 1. The largest absolute Gasteiger partial charge is 0.399 e. The Kier molecular flexibility index (Phi) is 4.22. The van der Waals surface area contributed by atoms with Crippen LogP contribution in [0.4, 0.5) is 11.4 Å². The van der Waals surface area contributed by atoms with Crippen molar-refractivity contribution in [3.05, 3.63) is 30.0 Å². The van der Waals surface area contributed by atoms with E-state index in [0.29, 0.717) is 6.54 Å². The zero-order valence-electron chi connectivity index (χ0n) is 11.6. The molecule has 0 aliphatic rings. The predicted molar refractivity (Wildman–Crippen MR) is 80.5 cm³/mol. The average molecular weight is 259 g/mol. The van der Waals surface area contributed by atoms with Crippen LogP contribution in [0.1, 0.15) is 19.0 Å². The summed E-state index contributed by atoms with van der Waals surface area (Å²) < 4.78 is 0. The fraction of sp³-hybridized carbons (Fsp3) is 0.400. The molecule has 0 saturated heterocycles. The molecule has 102 valence electrons. The van der Waals surface area contributed by atoms with Crippen molar-refractivity contribution in [2.75, 3.05) is 30.3 Å². The van der Waals surface area contributed by atoms with Gasteiger partial charge >= 0.3 is 0 Å². The van der Waals surface area contributed by atoms with Gasteiger partial charge in [0.25, 0.3) is 0 Å². The van der Waals surface area contributed by atoms with Gasteiger partial charge in [0.05, 0.1) is 12.1 Å². The molecule has 3 N–H and O–H groups in total. The minimum absolute atomic E-state index is 0.144. The maximum absolute atomic E-state index is 9.24. The molecule has 1 aromatic heterocycles. The summed E-state index contributed by atoms with van der Waals surface area (Å²) in [5, 5.41) is 10.3. The molecule has 4 heteroatoms. The molecule has 4 nitrogen and oxygen atoms in total. The van der Waals surface area contributed by atoms with E-state index in [9.17, 15) is 5.11 Å². The van der Waals surface area contributed by atoms with E-state index in [1.165, 1.54) is 0 Å². The number of rotatable bonds is 5. The minimum Gasteiger partial charge on any atom is -0.399 e. The molecule has 1 aromatic carbocycles. The molecule has 0 fully saturated rings. The van der Waals surface area contributed by atoms with E-state index in [1.807, 2.05) is 25.1 Å². The van der Waals surface area contributed by atoms with Crippen LogP contribution in [0.3, 0.4) is 0 Å². The molecule has 0 amide bonds. The van der Waals surface area contributed by atoms with Gasteiger partial charge < -0.3 is 15.7 Å². The third-order valence-electron chi connectivity index (χ3n) is 3.14. The van der Waals surface area contributed by atoms with E-state index in [0.717, 1.165) is 40.9 Å². The summed E-state index contributed by atoms with van der Waals surface area (Å²) in [6.07, 6.45) is 1.03. The molecule has 0 spiro atoms. The second-order valence-electron chi connectivity index (χ2n) is 4.77. The molecule has 0 radical (unpaired) electrons. The number of aliphatic hydroxyl groups excluding tert-OH is 1. The Balaban J connectivity index is 2.58. The maximum atomic E-state index is 9.24. The molecule has 2 aromatic rings. The topological polar surface area (TPSA) is 62.4 Å². The van der Waals surface area contributed by atoms with Crippen LogP contribution in [0.5, 0.6) is 0 Å². The van der Waals surface area contributed by atoms with Crippen molar-refractivity contribution in [1.82, 2.24) is 4.98 Å². The molecule has 0 aliphatic carbocycles. The molecule has 2 rings (SSSR count). The SMILES string of the molecule is CCCN(CCO)c1cc(C)nc2ccc(N)cc12. The van der Waals surface area contributed by atoms with E-state index in [-0.39, 0.29) is 6.61 Å². The molecule has 1 heterocycles. The van der Waals surface area contributed by atoms with E-state index in [2.05, 4.69) is 22.9 Å². The third kappa shape index (κ3) is 2.96. The van der Waals surface area contributed by atoms with E-state index in [1.54, 1.807) is 0 Å². The number of aryl methyl sites for hydroxylation is 1. The van der Waals surface area contributed by atoms with E-state index >= 15 is 0 Å².